The number of amides is 1. The minimum absolute atomic E-state index is 0.176. The van der Waals surface area contributed by atoms with Gasteiger partial charge in [0.05, 0.1) is 5.56 Å². The normalized spacial score (nSPS) is 12.1. The lowest BCUT2D eigenvalue weighted by Crippen LogP contribution is -2.13. The monoisotopic (exact) mass is 365 g/mol. The molecule has 0 saturated heterocycles. The van der Waals surface area contributed by atoms with E-state index in [2.05, 4.69) is 29.6 Å². The Morgan fingerprint density at radius 1 is 0.750 bits per heavy atom. The second-order valence-corrected chi connectivity index (χ2v) is 6.98. The average Bonchev–Trinajstić information content (AvgIpc) is 3.16. The summed E-state index contributed by atoms with van der Waals surface area (Å²) in [5.41, 5.74) is 4.06. The zero-order valence-electron chi connectivity index (χ0n) is 15.3. The van der Waals surface area contributed by atoms with Crippen molar-refractivity contribution in [2.75, 3.05) is 5.32 Å². The summed E-state index contributed by atoms with van der Waals surface area (Å²) in [4.78, 5) is 13.1. The molecule has 1 aliphatic carbocycles. The lowest BCUT2D eigenvalue weighted by molar-refractivity contribution is 0.102. The molecule has 3 nitrogen and oxygen atoms in total. The number of rotatable bonds is 4. The molecule has 3 heteroatoms. The third-order valence-corrected chi connectivity index (χ3v) is 5.23. The molecule has 136 valence electrons. The smallest absolute Gasteiger partial charge is 0.259 e. The molecular weight excluding hydrogens is 346 g/mol. The molecule has 0 aliphatic heterocycles. The van der Waals surface area contributed by atoms with Crippen LogP contribution < -0.4 is 10.1 Å². The fourth-order valence-corrected chi connectivity index (χ4v) is 3.90. The van der Waals surface area contributed by atoms with Gasteiger partial charge in [-0.15, -0.1) is 0 Å². The zero-order chi connectivity index (χ0) is 18.9. The predicted octanol–water partition coefficient (Wildman–Crippen LogP) is 5.98. The molecule has 0 spiro atoms. The number of ether oxygens (including phenoxy) is 1. The van der Waals surface area contributed by atoms with Gasteiger partial charge in [-0.2, -0.15) is 0 Å². The highest BCUT2D eigenvalue weighted by Gasteiger charge is 2.18. The molecule has 0 heterocycles. The molecule has 1 N–H and O–H groups in total. The van der Waals surface area contributed by atoms with Gasteiger partial charge in [-0.05, 0) is 59.7 Å². The van der Waals surface area contributed by atoms with Crippen LogP contribution in [0, 0.1) is 0 Å². The molecule has 0 bridgehead atoms. The Balaban J connectivity index is 1.48. The first kappa shape index (κ1) is 16.6. The Kier molecular flexibility index (Phi) is 4.06. The van der Waals surface area contributed by atoms with Crippen molar-refractivity contribution in [1.82, 2.24) is 0 Å². The van der Waals surface area contributed by atoms with Crippen molar-refractivity contribution < 1.29 is 9.53 Å². The Bertz CT molecular complexity index is 1170. The number of anilines is 1. The maximum absolute atomic E-state index is 13.1. The van der Waals surface area contributed by atoms with Crippen molar-refractivity contribution in [2.45, 2.75) is 12.8 Å². The van der Waals surface area contributed by atoms with E-state index in [0.717, 1.165) is 23.9 Å². The third-order valence-electron chi connectivity index (χ3n) is 5.23. The quantitative estimate of drug-likeness (QED) is 0.483. The van der Waals surface area contributed by atoms with Crippen LogP contribution in [0.15, 0.2) is 84.9 Å². The van der Waals surface area contributed by atoms with Gasteiger partial charge in [0.15, 0.2) is 0 Å². The highest BCUT2D eigenvalue weighted by Crippen LogP contribution is 2.35. The largest absolute Gasteiger partial charge is 0.457 e. The van der Waals surface area contributed by atoms with Crippen molar-refractivity contribution in [3.63, 3.8) is 0 Å². The fraction of sp³-hybridized carbons (Fsp3) is 0.0800. The van der Waals surface area contributed by atoms with Gasteiger partial charge in [0, 0.05) is 11.1 Å². The van der Waals surface area contributed by atoms with E-state index in [1.54, 1.807) is 6.07 Å². The minimum atomic E-state index is -0.176. The molecule has 28 heavy (non-hydrogen) atoms. The van der Waals surface area contributed by atoms with Crippen molar-refractivity contribution in [3.8, 4) is 11.5 Å². The van der Waals surface area contributed by atoms with Crippen LogP contribution in [-0.4, -0.2) is 5.91 Å². The molecule has 0 radical (unpaired) electrons. The van der Waals surface area contributed by atoms with Crippen LogP contribution in [0.5, 0.6) is 11.5 Å². The lowest BCUT2D eigenvalue weighted by atomic mass is 10.0. The van der Waals surface area contributed by atoms with Crippen LogP contribution in [0.3, 0.4) is 0 Å². The SMILES string of the molecule is O=C(Nc1ccc2c3c(cccc13)CC2)c1ccccc1Oc1ccccc1. The van der Waals surface area contributed by atoms with Gasteiger partial charge in [-0.3, -0.25) is 4.79 Å². The van der Waals surface area contributed by atoms with Gasteiger partial charge in [0.25, 0.3) is 5.91 Å². The summed E-state index contributed by atoms with van der Waals surface area (Å²) >= 11 is 0. The summed E-state index contributed by atoms with van der Waals surface area (Å²) in [7, 11) is 0. The van der Waals surface area contributed by atoms with E-state index in [4.69, 9.17) is 4.74 Å². The standard InChI is InChI=1S/C25H19NO2/c27-25(21-10-4-5-12-23(21)28-19-8-2-1-3-9-19)26-22-16-15-18-14-13-17-7-6-11-20(22)24(17)18/h1-12,15-16H,13-14H2,(H,26,27). The zero-order valence-corrected chi connectivity index (χ0v) is 15.3. The van der Waals surface area contributed by atoms with Gasteiger partial charge in [0.2, 0.25) is 0 Å². The van der Waals surface area contributed by atoms with Gasteiger partial charge >= 0.3 is 0 Å². The van der Waals surface area contributed by atoms with Crippen molar-refractivity contribution in [3.05, 3.63) is 102 Å². The maximum Gasteiger partial charge on any atom is 0.259 e. The molecule has 0 atom stereocenters. The molecule has 0 fully saturated rings. The summed E-state index contributed by atoms with van der Waals surface area (Å²) in [5.74, 6) is 1.07. The number of carbonyl (C=O) groups excluding carboxylic acids is 1. The van der Waals surface area contributed by atoms with Gasteiger partial charge < -0.3 is 10.1 Å². The molecule has 4 aromatic rings. The fourth-order valence-electron chi connectivity index (χ4n) is 3.90. The molecule has 0 aromatic heterocycles. The Hall–Kier alpha value is -3.59. The van der Waals surface area contributed by atoms with Gasteiger partial charge in [-0.1, -0.05) is 54.6 Å². The Morgan fingerprint density at radius 2 is 1.50 bits per heavy atom. The van der Waals surface area contributed by atoms with Crippen LogP contribution >= 0.6 is 0 Å². The number of nitrogens with one attached hydrogen (secondary N) is 1. The van der Waals surface area contributed by atoms with E-state index < -0.39 is 0 Å². The van der Waals surface area contributed by atoms with E-state index in [-0.39, 0.29) is 5.91 Å². The summed E-state index contributed by atoms with van der Waals surface area (Å²) in [6, 6.07) is 27.3. The molecule has 0 unspecified atom stereocenters. The number of hydrogen-bond donors (Lipinski definition) is 1. The molecule has 0 saturated carbocycles. The summed E-state index contributed by atoms with van der Waals surface area (Å²) in [5, 5.41) is 5.48. The highest BCUT2D eigenvalue weighted by atomic mass is 16.5. The number of benzene rings is 4. The van der Waals surface area contributed by atoms with Crippen LogP contribution in [-0.2, 0) is 12.8 Å². The van der Waals surface area contributed by atoms with Crippen LogP contribution in [0.25, 0.3) is 10.8 Å². The second kappa shape index (κ2) is 6.86. The van der Waals surface area contributed by atoms with Crippen molar-refractivity contribution in [1.29, 1.82) is 0 Å². The predicted molar refractivity (Wildman–Crippen MR) is 112 cm³/mol. The van der Waals surface area contributed by atoms with E-state index in [9.17, 15) is 4.79 Å². The van der Waals surface area contributed by atoms with Gasteiger partial charge in [-0.25, -0.2) is 0 Å². The van der Waals surface area contributed by atoms with Gasteiger partial charge in [0.1, 0.15) is 11.5 Å². The second-order valence-electron chi connectivity index (χ2n) is 6.98. The first-order valence-corrected chi connectivity index (χ1v) is 9.46. The molecule has 1 aliphatic rings. The number of hydrogen-bond acceptors (Lipinski definition) is 2. The molecular formula is C25H19NO2. The summed E-state index contributed by atoms with van der Waals surface area (Å²) < 4.78 is 5.94. The number of para-hydroxylation sites is 2. The first-order chi connectivity index (χ1) is 13.8. The maximum atomic E-state index is 13.1. The Labute approximate surface area is 163 Å². The van der Waals surface area contributed by atoms with Crippen molar-refractivity contribution >= 4 is 22.4 Å². The first-order valence-electron chi connectivity index (χ1n) is 9.46. The van der Waals surface area contributed by atoms with Crippen LogP contribution in [0.4, 0.5) is 5.69 Å². The number of aryl methyl sites for hydroxylation is 2. The van der Waals surface area contributed by atoms with Crippen molar-refractivity contribution in [2.24, 2.45) is 0 Å². The average molecular weight is 365 g/mol. The molecule has 1 amide bonds. The van der Waals surface area contributed by atoms with E-state index in [1.807, 2.05) is 54.6 Å². The van der Waals surface area contributed by atoms with E-state index >= 15 is 0 Å². The minimum Gasteiger partial charge on any atom is -0.457 e. The van der Waals surface area contributed by atoms with E-state index in [1.165, 1.54) is 16.5 Å². The topological polar surface area (TPSA) is 38.3 Å². The number of carbonyl (C=O) groups is 1. The lowest BCUT2D eigenvalue weighted by Gasteiger charge is -2.13. The summed E-state index contributed by atoms with van der Waals surface area (Å²) in [6.07, 6.45) is 2.13. The third kappa shape index (κ3) is 2.91. The van der Waals surface area contributed by atoms with E-state index in [0.29, 0.717) is 17.1 Å². The molecule has 4 aromatic carbocycles. The van der Waals surface area contributed by atoms with Crippen LogP contribution in [0.2, 0.25) is 0 Å². The molecule has 5 rings (SSSR count). The van der Waals surface area contributed by atoms with Crippen LogP contribution in [0.1, 0.15) is 21.5 Å². The summed E-state index contributed by atoms with van der Waals surface area (Å²) in [6.45, 7) is 0. The highest BCUT2D eigenvalue weighted by molar-refractivity contribution is 6.11. The Morgan fingerprint density at radius 3 is 2.36 bits per heavy atom.